The van der Waals surface area contributed by atoms with Crippen LogP contribution < -0.4 is 10.1 Å². The predicted molar refractivity (Wildman–Crippen MR) is 107 cm³/mol. The molecular weight excluding hydrogens is 426 g/mol. The SMILES string of the molecule is O=C(Nc1ccc(Cl)cc1C(F)(F)F)c1ccc(OCc2ccccc2Cl)cc1. The summed E-state index contributed by atoms with van der Waals surface area (Å²) in [6.45, 7) is 0.241. The maximum atomic E-state index is 13.2. The Morgan fingerprint density at radius 3 is 2.31 bits per heavy atom. The van der Waals surface area contributed by atoms with Gasteiger partial charge in [-0.15, -0.1) is 0 Å². The zero-order valence-electron chi connectivity index (χ0n) is 14.8. The minimum atomic E-state index is -4.65. The van der Waals surface area contributed by atoms with Crippen LogP contribution >= 0.6 is 23.2 Å². The van der Waals surface area contributed by atoms with E-state index in [2.05, 4.69) is 5.32 Å². The third-order valence-corrected chi connectivity index (χ3v) is 4.61. The van der Waals surface area contributed by atoms with Crippen LogP contribution in [0.1, 0.15) is 21.5 Å². The molecule has 3 nitrogen and oxygen atoms in total. The molecule has 8 heteroatoms. The van der Waals surface area contributed by atoms with Crippen LogP contribution in [0.2, 0.25) is 10.0 Å². The number of hydrogen-bond donors (Lipinski definition) is 1. The molecule has 0 aliphatic heterocycles. The van der Waals surface area contributed by atoms with Crippen molar-refractivity contribution in [1.82, 2.24) is 0 Å². The molecule has 0 fully saturated rings. The third-order valence-electron chi connectivity index (χ3n) is 4.00. The normalized spacial score (nSPS) is 11.2. The summed E-state index contributed by atoms with van der Waals surface area (Å²) in [5.74, 6) is -0.195. The number of hydrogen-bond acceptors (Lipinski definition) is 2. The van der Waals surface area contributed by atoms with E-state index < -0.39 is 17.6 Å². The molecular formula is C21H14Cl2F3NO2. The van der Waals surface area contributed by atoms with E-state index in [1.807, 2.05) is 18.2 Å². The van der Waals surface area contributed by atoms with Crippen LogP contribution in [0.3, 0.4) is 0 Å². The van der Waals surface area contributed by atoms with Crippen LogP contribution in [-0.4, -0.2) is 5.91 Å². The summed E-state index contributed by atoms with van der Waals surface area (Å²) < 4.78 is 45.1. The van der Waals surface area contributed by atoms with E-state index in [-0.39, 0.29) is 22.9 Å². The third kappa shape index (κ3) is 5.43. The smallest absolute Gasteiger partial charge is 0.418 e. The molecule has 0 aliphatic rings. The Bertz CT molecular complexity index is 1020. The van der Waals surface area contributed by atoms with E-state index in [0.29, 0.717) is 10.8 Å². The quantitative estimate of drug-likeness (QED) is 0.472. The summed E-state index contributed by atoms with van der Waals surface area (Å²) in [6, 6.07) is 16.4. The van der Waals surface area contributed by atoms with Gasteiger partial charge in [-0.3, -0.25) is 4.79 Å². The van der Waals surface area contributed by atoms with Crippen molar-refractivity contribution < 1.29 is 22.7 Å². The zero-order chi connectivity index (χ0) is 21.0. The average Bonchev–Trinajstić information content (AvgIpc) is 2.68. The highest BCUT2D eigenvalue weighted by atomic mass is 35.5. The Kier molecular flexibility index (Phi) is 6.35. The van der Waals surface area contributed by atoms with Crippen molar-refractivity contribution in [3.63, 3.8) is 0 Å². The zero-order valence-corrected chi connectivity index (χ0v) is 16.3. The summed E-state index contributed by atoms with van der Waals surface area (Å²) in [5.41, 5.74) is -0.402. The van der Waals surface area contributed by atoms with Gasteiger partial charge < -0.3 is 10.1 Å². The first-order valence-electron chi connectivity index (χ1n) is 8.38. The van der Waals surface area contributed by atoms with Gasteiger partial charge in [0.05, 0.1) is 11.3 Å². The van der Waals surface area contributed by atoms with Gasteiger partial charge in [-0.25, -0.2) is 0 Å². The molecule has 3 aromatic carbocycles. The van der Waals surface area contributed by atoms with Crippen LogP contribution in [0.5, 0.6) is 5.75 Å². The minimum Gasteiger partial charge on any atom is -0.489 e. The molecule has 0 radical (unpaired) electrons. The monoisotopic (exact) mass is 439 g/mol. The van der Waals surface area contributed by atoms with Crippen molar-refractivity contribution in [1.29, 1.82) is 0 Å². The number of amides is 1. The molecule has 0 aromatic heterocycles. The molecule has 1 N–H and O–H groups in total. The summed E-state index contributed by atoms with van der Waals surface area (Å²) in [4.78, 5) is 12.3. The molecule has 1 amide bonds. The van der Waals surface area contributed by atoms with Crippen molar-refractivity contribution in [2.45, 2.75) is 12.8 Å². The lowest BCUT2D eigenvalue weighted by atomic mass is 10.1. The van der Waals surface area contributed by atoms with Crippen molar-refractivity contribution in [2.24, 2.45) is 0 Å². The first-order valence-corrected chi connectivity index (χ1v) is 9.14. The highest BCUT2D eigenvalue weighted by Gasteiger charge is 2.34. The molecule has 0 saturated carbocycles. The average molecular weight is 440 g/mol. The Labute approximate surface area is 175 Å². The second-order valence-corrected chi connectivity index (χ2v) is 6.89. The van der Waals surface area contributed by atoms with Gasteiger partial charge in [0.15, 0.2) is 0 Å². The van der Waals surface area contributed by atoms with Crippen LogP contribution in [-0.2, 0) is 12.8 Å². The fourth-order valence-corrected chi connectivity index (χ4v) is 2.90. The van der Waals surface area contributed by atoms with E-state index >= 15 is 0 Å². The Balaban J connectivity index is 1.69. The van der Waals surface area contributed by atoms with Gasteiger partial charge in [0.25, 0.3) is 5.91 Å². The van der Waals surface area contributed by atoms with Crippen molar-refractivity contribution >= 4 is 34.8 Å². The lowest BCUT2D eigenvalue weighted by molar-refractivity contribution is -0.136. The number of benzene rings is 3. The van der Waals surface area contributed by atoms with E-state index in [1.54, 1.807) is 18.2 Å². The first-order chi connectivity index (χ1) is 13.7. The molecule has 3 rings (SSSR count). The topological polar surface area (TPSA) is 38.3 Å². The summed E-state index contributed by atoms with van der Waals surface area (Å²) in [5, 5.41) is 2.77. The lowest BCUT2D eigenvalue weighted by Crippen LogP contribution is -2.16. The number of carbonyl (C=O) groups is 1. The molecule has 0 bridgehead atoms. The minimum absolute atomic E-state index is 0.0738. The van der Waals surface area contributed by atoms with Crippen LogP contribution in [0.15, 0.2) is 66.7 Å². The van der Waals surface area contributed by atoms with Crippen molar-refractivity contribution in [3.05, 3.63) is 93.5 Å². The van der Waals surface area contributed by atoms with Crippen LogP contribution in [0.25, 0.3) is 0 Å². The predicted octanol–water partition coefficient (Wildman–Crippen LogP) is 6.84. The molecule has 29 heavy (non-hydrogen) atoms. The number of halogens is 5. The highest BCUT2D eigenvalue weighted by Crippen LogP contribution is 2.36. The largest absolute Gasteiger partial charge is 0.489 e. The molecule has 0 unspecified atom stereocenters. The van der Waals surface area contributed by atoms with Crippen molar-refractivity contribution in [3.8, 4) is 5.75 Å². The van der Waals surface area contributed by atoms with Gasteiger partial charge in [0.2, 0.25) is 0 Å². The van der Waals surface area contributed by atoms with E-state index in [4.69, 9.17) is 27.9 Å². The standard InChI is InChI=1S/C21H14Cl2F3NO2/c22-15-7-10-19(17(11-15)21(24,25)26)27-20(28)13-5-8-16(9-6-13)29-12-14-3-1-2-4-18(14)23/h1-11H,12H2,(H,27,28). The number of carbonyl (C=O) groups excluding carboxylic acids is 1. The van der Waals surface area contributed by atoms with Gasteiger partial charge in [-0.2, -0.15) is 13.2 Å². The molecule has 0 spiro atoms. The number of ether oxygens (including phenoxy) is 1. The van der Waals surface area contributed by atoms with Crippen LogP contribution in [0, 0.1) is 0 Å². The Morgan fingerprint density at radius 1 is 0.966 bits per heavy atom. The summed E-state index contributed by atoms with van der Waals surface area (Å²) in [6.07, 6.45) is -4.65. The second-order valence-electron chi connectivity index (χ2n) is 6.05. The fraction of sp³-hybridized carbons (Fsp3) is 0.0952. The molecule has 3 aromatic rings. The Morgan fingerprint density at radius 2 is 1.66 bits per heavy atom. The number of nitrogens with one attached hydrogen (secondary N) is 1. The molecule has 0 heterocycles. The van der Waals surface area contributed by atoms with E-state index in [9.17, 15) is 18.0 Å². The highest BCUT2D eigenvalue weighted by molar-refractivity contribution is 6.31. The molecule has 0 atom stereocenters. The summed E-state index contributed by atoms with van der Waals surface area (Å²) >= 11 is 11.7. The van der Waals surface area contributed by atoms with Gasteiger partial charge in [0.1, 0.15) is 12.4 Å². The van der Waals surface area contributed by atoms with E-state index in [1.165, 1.54) is 18.2 Å². The van der Waals surface area contributed by atoms with Gasteiger partial charge in [0, 0.05) is 21.2 Å². The molecule has 0 aliphatic carbocycles. The van der Waals surface area contributed by atoms with Gasteiger partial charge >= 0.3 is 6.18 Å². The van der Waals surface area contributed by atoms with Crippen LogP contribution in [0.4, 0.5) is 18.9 Å². The van der Waals surface area contributed by atoms with E-state index in [0.717, 1.165) is 17.7 Å². The number of rotatable bonds is 5. The second kappa shape index (κ2) is 8.76. The Hall–Kier alpha value is -2.70. The lowest BCUT2D eigenvalue weighted by Gasteiger charge is -2.14. The fourth-order valence-electron chi connectivity index (χ4n) is 2.53. The molecule has 150 valence electrons. The maximum Gasteiger partial charge on any atom is 0.418 e. The number of anilines is 1. The maximum absolute atomic E-state index is 13.2. The first kappa shape index (κ1) is 21.0. The number of alkyl halides is 3. The van der Waals surface area contributed by atoms with Crippen molar-refractivity contribution in [2.75, 3.05) is 5.32 Å². The molecule has 0 saturated heterocycles. The van der Waals surface area contributed by atoms with Gasteiger partial charge in [-0.05, 0) is 48.5 Å². The van der Waals surface area contributed by atoms with Gasteiger partial charge in [-0.1, -0.05) is 41.4 Å². The summed E-state index contributed by atoms with van der Waals surface area (Å²) in [7, 11) is 0.